The number of rotatable bonds is 9. The van der Waals surface area contributed by atoms with E-state index >= 15 is 0 Å². The van der Waals surface area contributed by atoms with E-state index in [1.807, 2.05) is 20.8 Å². The van der Waals surface area contributed by atoms with Crippen molar-refractivity contribution in [2.75, 3.05) is 25.1 Å². The third-order valence-electron chi connectivity index (χ3n) is 3.37. The number of benzene rings is 1. The van der Waals surface area contributed by atoms with Crippen LogP contribution in [0.1, 0.15) is 37.6 Å². The maximum Gasteiger partial charge on any atom is 0.251 e. The average molecular weight is 321 g/mol. The minimum Gasteiger partial charge on any atom is -0.382 e. The summed E-state index contributed by atoms with van der Waals surface area (Å²) >= 11 is 0. The molecule has 6 heteroatoms. The largest absolute Gasteiger partial charge is 0.382 e. The number of nitrogens with two attached hydrogens (primary N) is 1. The molecule has 0 heterocycles. The van der Waals surface area contributed by atoms with Crippen LogP contribution in [0, 0.1) is 5.92 Å². The van der Waals surface area contributed by atoms with Crippen LogP contribution in [0.2, 0.25) is 0 Å². The van der Waals surface area contributed by atoms with Crippen molar-refractivity contribution in [3.8, 4) is 0 Å². The Kier molecular flexibility index (Phi) is 8.29. The normalized spacial score (nSPS) is 12.0. The summed E-state index contributed by atoms with van der Waals surface area (Å²) in [6.45, 7) is 7.55. The van der Waals surface area contributed by atoms with Crippen LogP contribution in [0.15, 0.2) is 24.3 Å². The molecule has 0 saturated heterocycles. The van der Waals surface area contributed by atoms with Crippen molar-refractivity contribution < 1.29 is 14.3 Å². The van der Waals surface area contributed by atoms with E-state index in [1.54, 1.807) is 24.3 Å². The highest BCUT2D eigenvalue weighted by Gasteiger charge is 2.17. The molecule has 1 aromatic carbocycles. The SMILES string of the molecule is CCOCCCNC(=O)c1cccc(NC(=O)[C@@H](N)C(C)C)c1. The number of carbonyl (C=O) groups excluding carboxylic acids is 2. The molecule has 1 rings (SSSR count). The fourth-order valence-corrected chi connectivity index (χ4v) is 1.89. The molecule has 0 spiro atoms. The van der Waals surface area contributed by atoms with Crippen molar-refractivity contribution >= 4 is 17.5 Å². The molecule has 0 saturated carbocycles. The van der Waals surface area contributed by atoms with Crippen molar-refractivity contribution in [3.05, 3.63) is 29.8 Å². The Labute approximate surface area is 137 Å². The lowest BCUT2D eigenvalue weighted by atomic mass is 10.0. The highest BCUT2D eigenvalue weighted by Crippen LogP contribution is 2.12. The summed E-state index contributed by atoms with van der Waals surface area (Å²) in [5, 5.41) is 5.56. The second-order valence-corrected chi connectivity index (χ2v) is 5.65. The quantitative estimate of drug-likeness (QED) is 0.604. The lowest BCUT2D eigenvalue weighted by molar-refractivity contribution is -0.118. The second kappa shape index (κ2) is 9.97. The fourth-order valence-electron chi connectivity index (χ4n) is 1.89. The molecule has 0 unspecified atom stereocenters. The summed E-state index contributed by atoms with van der Waals surface area (Å²) in [6, 6.07) is 6.23. The molecule has 23 heavy (non-hydrogen) atoms. The van der Waals surface area contributed by atoms with E-state index in [0.29, 0.717) is 31.0 Å². The first kappa shape index (κ1) is 19.1. The lowest BCUT2D eigenvalue weighted by Crippen LogP contribution is -2.39. The van der Waals surface area contributed by atoms with E-state index < -0.39 is 6.04 Å². The topological polar surface area (TPSA) is 93.5 Å². The zero-order valence-corrected chi connectivity index (χ0v) is 14.1. The van der Waals surface area contributed by atoms with Gasteiger partial charge in [-0.15, -0.1) is 0 Å². The van der Waals surface area contributed by atoms with Gasteiger partial charge in [-0.05, 0) is 37.5 Å². The van der Waals surface area contributed by atoms with Crippen LogP contribution in [0.5, 0.6) is 0 Å². The van der Waals surface area contributed by atoms with E-state index in [4.69, 9.17) is 10.5 Å². The molecule has 128 valence electrons. The van der Waals surface area contributed by atoms with Crippen LogP contribution in [-0.4, -0.2) is 37.6 Å². The second-order valence-electron chi connectivity index (χ2n) is 5.65. The van der Waals surface area contributed by atoms with Crippen LogP contribution in [-0.2, 0) is 9.53 Å². The molecule has 0 bridgehead atoms. The standard InChI is InChI=1S/C17H27N3O3/c1-4-23-10-6-9-19-16(21)13-7-5-8-14(11-13)20-17(22)15(18)12(2)3/h5,7-8,11-12,15H,4,6,9-10,18H2,1-3H3,(H,19,21)(H,20,22)/t15-/m0/s1. The Morgan fingerprint density at radius 2 is 2.04 bits per heavy atom. The van der Waals surface area contributed by atoms with Crippen LogP contribution in [0.25, 0.3) is 0 Å². The monoisotopic (exact) mass is 321 g/mol. The van der Waals surface area contributed by atoms with Gasteiger partial charge in [0.15, 0.2) is 0 Å². The summed E-state index contributed by atoms with van der Waals surface area (Å²) in [4.78, 5) is 24.0. The minimum atomic E-state index is -0.578. The van der Waals surface area contributed by atoms with Gasteiger partial charge in [0.1, 0.15) is 0 Å². The zero-order chi connectivity index (χ0) is 17.2. The van der Waals surface area contributed by atoms with E-state index in [0.717, 1.165) is 6.42 Å². The third kappa shape index (κ3) is 6.80. The molecule has 2 amide bonds. The zero-order valence-electron chi connectivity index (χ0n) is 14.1. The van der Waals surface area contributed by atoms with Crippen molar-refractivity contribution in [2.24, 2.45) is 11.7 Å². The average Bonchev–Trinajstić information content (AvgIpc) is 2.53. The molecule has 0 aliphatic rings. The lowest BCUT2D eigenvalue weighted by Gasteiger charge is -2.15. The van der Waals surface area contributed by atoms with Gasteiger partial charge in [0, 0.05) is 31.0 Å². The highest BCUT2D eigenvalue weighted by atomic mass is 16.5. The summed E-state index contributed by atoms with van der Waals surface area (Å²) < 4.78 is 5.21. The summed E-state index contributed by atoms with van der Waals surface area (Å²) in [6.07, 6.45) is 0.763. The van der Waals surface area contributed by atoms with Gasteiger partial charge < -0.3 is 21.1 Å². The van der Waals surface area contributed by atoms with Crippen molar-refractivity contribution in [2.45, 2.75) is 33.2 Å². The maximum atomic E-state index is 12.1. The molecule has 4 N–H and O–H groups in total. The van der Waals surface area contributed by atoms with Crippen molar-refractivity contribution in [1.82, 2.24) is 5.32 Å². The van der Waals surface area contributed by atoms with Gasteiger partial charge >= 0.3 is 0 Å². The number of nitrogens with one attached hydrogen (secondary N) is 2. The molecule has 6 nitrogen and oxygen atoms in total. The first-order chi connectivity index (χ1) is 11.0. The first-order valence-electron chi connectivity index (χ1n) is 7.98. The summed E-state index contributed by atoms with van der Waals surface area (Å²) in [7, 11) is 0. The number of anilines is 1. The maximum absolute atomic E-state index is 12.1. The Balaban J connectivity index is 2.55. The molecule has 1 aromatic rings. The smallest absolute Gasteiger partial charge is 0.251 e. The molecule has 1 atom stereocenters. The van der Waals surface area contributed by atoms with Crippen molar-refractivity contribution in [3.63, 3.8) is 0 Å². The van der Waals surface area contributed by atoms with Gasteiger partial charge in [0.25, 0.3) is 5.91 Å². The van der Waals surface area contributed by atoms with E-state index in [1.165, 1.54) is 0 Å². The Bertz CT molecular complexity index is 518. The summed E-state index contributed by atoms with van der Waals surface area (Å²) in [5.41, 5.74) is 6.87. The van der Waals surface area contributed by atoms with Gasteiger partial charge in [0.2, 0.25) is 5.91 Å². The van der Waals surface area contributed by atoms with Crippen LogP contribution < -0.4 is 16.4 Å². The Morgan fingerprint density at radius 1 is 1.30 bits per heavy atom. The van der Waals surface area contributed by atoms with E-state index in [-0.39, 0.29) is 17.7 Å². The van der Waals surface area contributed by atoms with Crippen molar-refractivity contribution in [1.29, 1.82) is 0 Å². The number of ether oxygens (including phenoxy) is 1. The molecule has 0 aliphatic carbocycles. The minimum absolute atomic E-state index is 0.0480. The van der Waals surface area contributed by atoms with Crippen LogP contribution in [0.3, 0.4) is 0 Å². The molecule has 0 aliphatic heterocycles. The van der Waals surface area contributed by atoms with Crippen LogP contribution in [0.4, 0.5) is 5.69 Å². The summed E-state index contributed by atoms with van der Waals surface area (Å²) in [5.74, 6) is -0.383. The molecule has 0 radical (unpaired) electrons. The Hall–Kier alpha value is -1.92. The number of carbonyl (C=O) groups is 2. The number of hydrogen-bond donors (Lipinski definition) is 3. The van der Waals surface area contributed by atoms with Gasteiger partial charge in [0.05, 0.1) is 6.04 Å². The molecular weight excluding hydrogens is 294 g/mol. The molecule has 0 fully saturated rings. The number of hydrogen-bond acceptors (Lipinski definition) is 4. The predicted octanol–water partition coefficient (Wildman–Crippen LogP) is 1.76. The highest BCUT2D eigenvalue weighted by molar-refractivity contribution is 5.98. The first-order valence-corrected chi connectivity index (χ1v) is 7.98. The number of amides is 2. The van der Waals surface area contributed by atoms with Gasteiger partial charge in [-0.3, -0.25) is 9.59 Å². The van der Waals surface area contributed by atoms with E-state index in [2.05, 4.69) is 10.6 Å². The predicted molar refractivity (Wildman–Crippen MR) is 91.3 cm³/mol. The third-order valence-corrected chi connectivity index (χ3v) is 3.37. The van der Waals surface area contributed by atoms with Gasteiger partial charge in [-0.1, -0.05) is 19.9 Å². The van der Waals surface area contributed by atoms with Gasteiger partial charge in [-0.2, -0.15) is 0 Å². The van der Waals surface area contributed by atoms with E-state index in [9.17, 15) is 9.59 Å². The van der Waals surface area contributed by atoms with Gasteiger partial charge in [-0.25, -0.2) is 0 Å². The Morgan fingerprint density at radius 3 is 2.70 bits per heavy atom. The van der Waals surface area contributed by atoms with Crippen LogP contribution >= 0.6 is 0 Å². The molecular formula is C17H27N3O3. The fraction of sp³-hybridized carbons (Fsp3) is 0.529. The molecule has 0 aromatic heterocycles.